The van der Waals surface area contributed by atoms with Crippen molar-refractivity contribution in [3.63, 3.8) is 0 Å². The topological polar surface area (TPSA) is 31.2 Å². The van der Waals surface area contributed by atoms with Crippen molar-refractivity contribution in [2.75, 3.05) is 6.26 Å². The highest BCUT2D eigenvalue weighted by Crippen LogP contribution is 2.35. The number of hydrogen-bond acceptors (Lipinski definition) is 3. The van der Waals surface area contributed by atoms with E-state index in [-0.39, 0.29) is 11.5 Å². The summed E-state index contributed by atoms with van der Waals surface area (Å²) in [5.41, 5.74) is 1.12. The monoisotopic (exact) mass is 391 g/mol. The van der Waals surface area contributed by atoms with Gasteiger partial charge in [0.2, 0.25) is 0 Å². The highest BCUT2D eigenvalue weighted by Gasteiger charge is 2.14. The van der Waals surface area contributed by atoms with E-state index in [1.807, 2.05) is 12.3 Å². The van der Waals surface area contributed by atoms with Gasteiger partial charge in [-0.1, -0.05) is 6.07 Å². The van der Waals surface area contributed by atoms with Gasteiger partial charge in [-0.25, -0.2) is 13.2 Å². The lowest BCUT2D eigenvalue weighted by molar-refractivity contribution is 0.439. The van der Waals surface area contributed by atoms with E-state index in [1.54, 1.807) is 23.9 Å². The van der Waals surface area contributed by atoms with Gasteiger partial charge in [0.25, 0.3) is 5.56 Å². The summed E-state index contributed by atoms with van der Waals surface area (Å²) in [6.45, 7) is 0. The lowest BCUT2D eigenvalue weighted by atomic mass is 10.0. The van der Waals surface area contributed by atoms with Crippen LogP contribution in [0.4, 0.5) is 13.2 Å². The van der Waals surface area contributed by atoms with Gasteiger partial charge in [0.1, 0.15) is 11.6 Å². The van der Waals surface area contributed by atoms with E-state index >= 15 is 0 Å². The van der Waals surface area contributed by atoms with Gasteiger partial charge >= 0.3 is 0 Å². The minimum absolute atomic E-state index is 0.152. The maximum absolute atomic E-state index is 14.0. The molecule has 140 valence electrons. The van der Waals surface area contributed by atoms with E-state index in [0.29, 0.717) is 16.9 Å². The molecule has 0 radical (unpaired) electrons. The first-order chi connectivity index (χ1) is 12.9. The van der Waals surface area contributed by atoms with Crippen molar-refractivity contribution >= 4 is 11.8 Å². The Morgan fingerprint density at radius 2 is 1.74 bits per heavy atom. The molecule has 0 aliphatic rings. The molecular formula is C20H16F3NO2S. The molecule has 1 aromatic heterocycles. The van der Waals surface area contributed by atoms with Crippen LogP contribution in [0.1, 0.15) is 5.56 Å². The van der Waals surface area contributed by atoms with Crippen LogP contribution < -0.4 is 10.3 Å². The number of aryl methyl sites for hydroxylation is 1. The number of rotatable bonds is 5. The summed E-state index contributed by atoms with van der Waals surface area (Å²) in [6, 6.07) is 9.38. The molecule has 0 unspecified atom stereocenters. The quantitative estimate of drug-likeness (QED) is 0.605. The first-order valence-electron chi connectivity index (χ1n) is 8.00. The van der Waals surface area contributed by atoms with E-state index in [9.17, 15) is 18.0 Å². The van der Waals surface area contributed by atoms with E-state index in [0.717, 1.165) is 28.3 Å². The van der Waals surface area contributed by atoms with Gasteiger partial charge in [-0.15, -0.1) is 0 Å². The zero-order valence-electron chi connectivity index (χ0n) is 14.6. The van der Waals surface area contributed by atoms with Gasteiger partial charge in [-0.05, 0) is 42.2 Å². The van der Waals surface area contributed by atoms with Crippen LogP contribution in [0.3, 0.4) is 0 Å². The summed E-state index contributed by atoms with van der Waals surface area (Å²) in [4.78, 5) is 11.6. The molecule has 27 heavy (non-hydrogen) atoms. The molecule has 7 heteroatoms. The fourth-order valence-electron chi connectivity index (χ4n) is 2.64. The van der Waals surface area contributed by atoms with E-state index < -0.39 is 23.0 Å². The Morgan fingerprint density at radius 3 is 2.41 bits per heavy atom. The standard InChI is InChI=1S/C20H16F3NO2S/c1-24-10-13(8-17(23)20(24)25)15-7-12(11-27-2)3-5-18(15)26-19-6-4-14(21)9-16(19)22/h3-10H,11H2,1-2H3. The number of nitrogens with zero attached hydrogens (tertiary/aromatic N) is 1. The molecule has 3 aromatic rings. The minimum Gasteiger partial charge on any atom is -0.454 e. The van der Waals surface area contributed by atoms with Crippen LogP contribution in [0.5, 0.6) is 11.5 Å². The molecule has 0 atom stereocenters. The first-order valence-corrected chi connectivity index (χ1v) is 9.39. The molecule has 1 heterocycles. The third-order valence-corrected chi connectivity index (χ3v) is 4.54. The fourth-order valence-corrected chi connectivity index (χ4v) is 3.16. The van der Waals surface area contributed by atoms with Crippen LogP contribution in [0, 0.1) is 17.5 Å². The molecule has 0 aliphatic heterocycles. The maximum Gasteiger partial charge on any atom is 0.286 e. The molecule has 0 aliphatic carbocycles. The summed E-state index contributed by atoms with van der Waals surface area (Å²) >= 11 is 1.61. The first kappa shape index (κ1) is 19.1. The number of aromatic nitrogens is 1. The van der Waals surface area contributed by atoms with Crippen molar-refractivity contribution in [2.45, 2.75) is 5.75 Å². The zero-order valence-corrected chi connectivity index (χ0v) is 15.4. The van der Waals surface area contributed by atoms with Crippen LogP contribution in [-0.4, -0.2) is 10.8 Å². The highest BCUT2D eigenvalue weighted by atomic mass is 32.2. The van der Waals surface area contributed by atoms with Crippen LogP contribution in [0.15, 0.2) is 53.5 Å². The largest absolute Gasteiger partial charge is 0.454 e. The van der Waals surface area contributed by atoms with Crippen LogP contribution in [-0.2, 0) is 12.8 Å². The molecule has 3 rings (SSSR count). The summed E-state index contributed by atoms with van der Waals surface area (Å²) in [5.74, 6) is -1.63. The van der Waals surface area contributed by atoms with Crippen molar-refractivity contribution in [3.05, 3.63) is 82.0 Å². The average molecular weight is 391 g/mol. The van der Waals surface area contributed by atoms with Gasteiger partial charge < -0.3 is 9.30 Å². The molecule has 0 fully saturated rings. The molecular weight excluding hydrogens is 375 g/mol. The number of benzene rings is 2. The molecule has 0 saturated heterocycles. The molecule has 0 spiro atoms. The second kappa shape index (κ2) is 7.92. The Morgan fingerprint density at radius 1 is 1.00 bits per heavy atom. The maximum atomic E-state index is 14.0. The zero-order chi connectivity index (χ0) is 19.6. The molecule has 0 amide bonds. The van der Waals surface area contributed by atoms with E-state index in [4.69, 9.17) is 4.74 Å². The van der Waals surface area contributed by atoms with Crippen LogP contribution in [0.25, 0.3) is 11.1 Å². The molecule has 2 aromatic carbocycles. The van der Waals surface area contributed by atoms with Gasteiger partial charge in [-0.2, -0.15) is 11.8 Å². The van der Waals surface area contributed by atoms with Crippen molar-refractivity contribution in [1.82, 2.24) is 4.57 Å². The number of thioether (sulfide) groups is 1. The molecule has 0 saturated carbocycles. The van der Waals surface area contributed by atoms with Crippen molar-refractivity contribution in [3.8, 4) is 22.6 Å². The summed E-state index contributed by atoms with van der Waals surface area (Å²) in [6.07, 6.45) is 3.43. The summed E-state index contributed by atoms with van der Waals surface area (Å²) < 4.78 is 47.8. The third kappa shape index (κ3) is 4.19. The van der Waals surface area contributed by atoms with E-state index in [2.05, 4.69) is 0 Å². The second-order valence-electron chi connectivity index (χ2n) is 5.93. The summed E-state index contributed by atoms with van der Waals surface area (Å²) in [7, 11) is 1.45. The minimum atomic E-state index is -0.899. The second-order valence-corrected chi connectivity index (χ2v) is 6.80. The van der Waals surface area contributed by atoms with Crippen LogP contribution in [0.2, 0.25) is 0 Å². The predicted molar refractivity (Wildman–Crippen MR) is 101 cm³/mol. The molecule has 3 nitrogen and oxygen atoms in total. The van der Waals surface area contributed by atoms with Gasteiger partial charge in [-0.3, -0.25) is 4.79 Å². The molecule has 0 N–H and O–H groups in total. The van der Waals surface area contributed by atoms with Gasteiger partial charge in [0, 0.05) is 36.2 Å². The van der Waals surface area contributed by atoms with Gasteiger partial charge in [0.15, 0.2) is 17.4 Å². The Labute approximate surface area is 158 Å². The lowest BCUT2D eigenvalue weighted by Gasteiger charge is -2.14. The highest BCUT2D eigenvalue weighted by molar-refractivity contribution is 7.97. The number of ether oxygens (including phenoxy) is 1. The predicted octanol–water partition coefficient (Wildman–Crippen LogP) is 5.12. The smallest absolute Gasteiger partial charge is 0.286 e. The number of halogens is 3. The Kier molecular flexibility index (Phi) is 5.60. The molecule has 0 bridgehead atoms. The SMILES string of the molecule is CSCc1ccc(Oc2ccc(F)cc2F)c(-c2cc(F)c(=O)n(C)c2)c1. The van der Waals surface area contributed by atoms with Crippen molar-refractivity contribution in [1.29, 1.82) is 0 Å². The Balaban J connectivity index is 2.12. The fraction of sp³-hybridized carbons (Fsp3) is 0.150. The lowest BCUT2D eigenvalue weighted by Crippen LogP contribution is -2.19. The Bertz CT molecular complexity index is 1020. The average Bonchev–Trinajstić information content (AvgIpc) is 2.63. The van der Waals surface area contributed by atoms with E-state index in [1.165, 1.54) is 19.3 Å². The summed E-state index contributed by atoms with van der Waals surface area (Å²) in [5, 5.41) is 0. The van der Waals surface area contributed by atoms with Gasteiger partial charge in [0.05, 0.1) is 0 Å². The Hall–Kier alpha value is -2.67. The number of hydrogen-bond donors (Lipinski definition) is 0. The third-order valence-electron chi connectivity index (χ3n) is 3.92. The van der Waals surface area contributed by atoms with Crippen molar-refractivity contribution < 1.29 is 17.9 Å². The van der Waals surface area contributed by atoms with Crippen molar-refractivity contribution in [2.24, 2.45) is 7.05 Å². The number of pyridine rings is 1. The van der Waals surface area contributed by atoms with Crippen LogP contribution >= 0.6 is 11.8 Å². The normalized spacial score (nSPS) is 10.9.